The molecule has 5 heteroatoms. The fourth-order valence-corrected chi connectivity index (χ4v) is 2.38. The quantitative estimate of drug-likeness (QED) is 0.618. The first kappa shape index (κ1) is 14.5. The SMILES string of the molecule is C[C@@H](O)[C@H]1C(=O)N[C@@H]1[C@@H](C)C(=O)OCc1ccccc1. The molecule has 0 radical (unpaired) electrons. The van der Waals surface area contributed by atoms with Gasteiger partial charge in [-0.15, -0.1) is 0 Å². The summed E-state index contributed by atoms with van der Waals surface area (Å²) in [6.45, 7) is 3.47. The van der Waals surface area contributed by atoms with Crippen LogP contribution in [0.4, 0.5) is 0 Å². The van der Waals surface area contributed by atoms with E-state index in [1.807, 2.05) is 30.3 Å². The number of aliphatic hydroxyl groups excluding tert-OH is 1. The Balaban J connectivity index is 1.88. The summed E-state index contributed by atoms with van der Waals surface area (Å²) in [4.78, 5) is 23.3. The molecule has 4 atom stereocenters. The average molecular weight is 277 g/mol. The Kier molecular flexibility index (Phi) is 4.39. The highest BCUT2D eigenvalue weighted by atomic mass is 16.5. The summed E-state index contributed by atoms with van der Waals surface area (Å²) < 4.78 is 5.24. The van der Waals surface area contributed by atoms with E-state index < -0.39 is 17.9 Å². The lowest BCUT2D eigenvalue weighted by molar-refractivity contribution is -0.157. The van der Waals surface area contributed by atoms with Gasteiger partial charge in [-0.25, -0.2) is 0 Å². The maximum Gasteiger partial charge on any atom is 0.311 e. The van der Waals surface area contributed by atoms with Crippen LogP contribution in [0.3, 0.4) is 0 Å². The largest absolute Gasteiger partial charge is 0.461 e. The van der Waals surface area contributed by atoms with E-state index in [0.29, 0.717) is 0 Å². The van der Waals surface area contributed by atoms with Gasteiger partial charge in [0.2, 0.25) is 5.91 Å². The molecule has 0 aromatic heterocycles. The fourth-order valence-electron chi connectivity index (χ4n) is 2.38. The molecule has 5 nitrogen and oxygen atoms in total. The molecular formula is C15H19NO4. The standard InChI is InChI=1S/C15H19NO4/c1-9(13-12(10(2)17)14(18)16-13)15(19)20-8-11-6-4-3-5-7-11/h3-7,9-10,12-13,17H,8H2,1-2H3,(H,16,18)/t9-,10-,12-,13-/m1/s1. The molecule has 1 aromatic carbocycles. The molecule has 0 bridgehead atoms. The molecule has 0 saturated carbocycles. The monoisotopic (exact) mass is 277 g/mol. The van der Waals surface area contributed by atoms with Gasteiger partial charge in [0.25, 0.3) is 0 Å². The predicted molar refractivity (Wildman–Crippen MR) is 72.5 cm³/mol. The van der Waals surface area contributed by atoms with Crippen LogP contribution in [0.25, 0.3) is 0 Å². The predicted octanol–water partition coefficient (Wildman–Crippen LogP) is 0.861. The van der Waals surface area contributed by atoms with Crippen LogP contribution in [0.5, 0.6) is 0 Å². The van der Waals surface area contributed by atoms with Crippen LogP contribution in [-0.4, -0.2) is 29.1 Å². The number of hydrogen-bond donors (Lipinski definition) is 2. The lowest BCUT2D eigenvalue weighted by atomic mass is 9.79. The Bertz CT molecular complexity index is 486. The highest BCUT2D eigenvalue weighted by Crippen LogP contribution is 2.26. The number of benzene rings is 1. The van der Waals surface area contributed by atoms with E-state index >= 15 is 0 Å². The van der Waals surface area contributed by atoms with Crippen LogP contribution in [0, 0.1) is 11.8 Å². The van der Waals surface area contributed by atoms with Crippen molar-refractivity contribution >= 4 is 11.9 Å². The summed E-state index contributed by atoms with van der Waals surface area (Å²) in [5.74, 6) is -1.59. The van der Waals surface area contributed by atoms with Gasteiger partial charge in [0.1, 0.15) is 6.61 Å². The van der Waals surface area contributed by atoms with E-state index in [2.05, 4.69) is 5.32 Å². The number of rotatable bonds is 5. The highest BCUT2D eigenvalue weighted by Gasteiger charge is 2.47. The van der Waals surface area contributed by atoms with Gasteiger partial charge in [0.05, 0.1) is 24.0 Å². The second-order valence-corrected chi connectivity index (χ2v) is 5.18. The molecule has 1 heterocycles. The number of ether oxygens (including phenoxy) is 1. The van der Waals surface area contributed by atoms with Crippen molar-refractivity contribution < 1.29 is 19.4 Å². The van der Waals surface area contributed by atoms with E-state index in [1.54, 1.807) is 13.8 Å². The molecular weight excluding hydrogens is 258 g/mol. The Labute approximate surface area is 117 Å². The zero-order valence-corrected chi connectivity index (χ0v) is 11.6. The van der Waals surface area contributed by atoms with Crippen LogP contribution in [0.1, 0.15) is 19.4 Å². The smallest absolute Gasteiger partial charge is 0.311 e. The third-order valence-corrected chi connectivity index (χ3v) is 3.65. The summed E-state index contributed by atoms with van der Waals surface area (Å²) in [6, 6.07) is 9.05. The van der Waals surface area contributed by atoms with E-state index in [0.717, 1.165) is 5.56 Å². The van der Waals surface area contributed by atoms with Gasteiger partial charge in [-0.05, 0) is 19.4 Å². The minimum Gasteiger partial charge on any atom is -0.461 e. The topological polar surface area (TPSA) is 75.6 Å². The lowest BCUT2D eigenvalue weighted by Gasteiger charge is -2.41. The van der Waals surface area contributed by atoms with Crippen molar-refractivity contribution in [1.82, 2.24) is 5.32 Å². The van der Waals surface area contributed by atoms with Gasteiger partial charge in [-0.2, -0.15) is 0 Å². The molecule has 1 fully saturated rings. The first-order chi connectivity index (χ1) is 9.50. The van der Waals surface area contributed by atoms with E-state index in [9.17, 15) is 14.7 Å². The van der Waals surface area contributed by atoms with Crippen molar-refractivity contribution in [3.05, 3.63) is 35.9 Å². The van der Waals surface area contributed by atoms with Crippen molar-refractivity contribution in [1.29, 1.82) is 0 Å². The fraction of sp³-hybridized carbons (Fsp3) is 0.467. The van der Waals surface area contributed by atoms with Crippen molar-refractivity contribution in [2.45, 2.75) is 32.6 Å². The van der Waals surface area contributed by atoms with Crippen LogP contribution in [0.2, 0.25) is 0 Å². The zero-order chi connectivity index (χ0) is 14.7. The molecule has 20 heavy (non-hydrogen) atoms. The van der Waals surface area contributed by atoms with Crippen molar-refractivity contribution in [3.63, 3.8) is 0 Å². The van der Waals surface area contributed by atoms with Gasteiger partial charge in [0, 0.05) is 0 Å². The molecule has 2 rings (SSSR count). The van der Waals surface area contributed by atoms with Gasteiger partial charge in [0.15, 0.2) is 0 Å². The van der Waals surface area contributed by atoms with Crippen molar-refractivity contribution in [2.75, 3.05) is 0 Å². The first-order valence-corrected chi connectivity index (χ1v) is 6.69. The number of esters is 1. The Morgan fingerprint density at radius 1 is 1.35 bits per heavy atom. The van der Waals surface area contributed by atoms with Crippen LogP contribution < -0.4 is 5.32 Å². The average Bonchev–Trinajstić information content (AvgIpc) is 2.41. The zero-order valence-electron chi connectivity index (χ0n) is 11.6. The normalized spacial score (nSPS) is 24.2. The number of nitrogens with one attached hydrogen (secondary N) is 1. The highest BCUT2D eigenvalue weighted by molar-refractivity contribution is 5.89. The van der Waals surface area contributed by atoms with Gasteiger partial charge < -0.3 is 15.2 Å². The number of amides is 1. The van der Waals surface area contributed by atoms with Gasteiger partial charge >= 0.3 is 5.97 Å². The molecule has 2 N–H and O–H groups in total. The third-order valence-electron chi connectivity index (χ3n) is 3.65. The minimum absolute atomic E-state index is 0.212. The van der Waals surface area contributed by atoms with Gasteiger partial charge in [-0.3, -0.25) is 9.59 Å². The van der Waals surface area contributed by atoms with E-state index in [-0.39, 0.29) is 24.5 Å². The summed E-state index contributed by atoms with van der Waals surface area (Å²) in [6.07, 6.45) is -0.766. The second-order valence-electron chi connectivity index (χ2n) is 5.18. The van der Waals surface area contributed by atoms with Crippen LogP contribution in [-0.2, 0) is 20.9 Å². The summed E-state index contributed by atoms with van der Waals surface area (Å²) in [7, 11) is 0. The molecule has 0 spiro atoms. The molecule has 1 aliphatic rings. The number of aliphatic hydroxyl groups is 1. The maximum atomic E-state index is 12.0. The lowest BCUT2D eigenvalue weighted by Crippen LogP contribution is -2.65. The van der Waals surface area contributed by atoms with Crippen LogP contribution >= 0.6 is 0 Å². The number of carbonyl (C=O) groups excluding carboxylic acids is 2. The summed E-state index contributed by atoms with van der Waals surface area (Å²) in [5.41, 5.74) is 0.915. The number of carbonyl (C=O) groups is 2. The Morgan fingerprint density at radius 3 is 2.55 bits per heavy atom. The Hall–Kier alpha value is -1.88. The molecule has 1 aliphatic heterocycles. The van der Waals surface area contributed by atoms with E-state index in [1.165, 1.54) is 0 Å². The van der Waals surface area contributed by atoms with Crippen molar-refractivity contribution in [3.8, 4) is 0 Å². The molecule has 1 aromatic rings. The van der Waals surface area contributed by atoms with E-state index in [4.69, 9.17) is 4.74 Å². The maximum absolute atomic E-state index is 12.0. The molecule has 108 valence electrons. The summed E-state index contributed by atoms with van der Waals surface area (Å²) in [5, 5.41) is 12.2. The first-order valence-electron chi connectivity index (χ1n) is 6.69. The molecule has 1 saturated heterocycles. The molecule has 0 aliphatic carbocycles. The van der Waals surface area contributed by atoms with Crippen molar-refractivity contribution in [2.24, 2.45) is 11.8 Å². The third kappa shape index (κ3) is 2.99. The van der Waals surface area contributed by atoms with Crippen LogP contribution in [0.15, 0.2) is 30.3 Å². The molecule has 0 unspecified atom stereocenters. The molecule has 1 amide bonds. The Morgan fingerprint density at radius 2 is 2.00 bits per heavy atom. The number of β-lactam (4-membered cyclic amide) rings is 1. The second kappa shape index (κ2) is 6.05. The summed E-state index contributed by atoms with van der Waals surface area (Å²) >= 11 is 0. The number of hydrogen-bond acceptors (Lipinski definition) is 4. The van der Waals surface area contributed by atoms with Gasteiger partial charge in [-0.1, -0.05) is 30.3 Å². The minimum atomic E-state index is -0.766.